The largest absolute Gasteiger partial charge is 0.497 e. The van der Waals surface area contributed by atoms with Crippen molar-refractivity contribution >= 4 is 17.6 Å². The molecule has 0 saturated carbocycles. The Hall–Kier alpha value is -4.39. The minimum absolute atomic E-state index is 0.0485. The van der Waals surface area contributed by atoms with Gasteiger partial charge in [0.05, 0.1) is 31.0 Å². The van der Waals surface area contributed by atoms with Crippen molar-refractivity contribution < 1.29 is 14.3 Å². The molecular weight excluding hydrogens is 464 g/mol. The van der Waals surface area contributed by atoms with E-state index in [1.54, 1.807) is 16.7 Å². The maximum absolute atomic E-state index is 13.3. The van der Waals surface area contributed by atoms with E-state index >= 15 is 0 Å². The molecule has 0 saturated heterocycles. The molecule has 0 aliphatic heterocycles. The van der Waals surface area contributed by atoms with Gasteiger partial charge < -0.3 is 15.0 Å². The first-order chi connectivity index (χ1) is 18.0. The van der Waals surface area contributed by atoms with Gasteiger partial charge in [-0.15, -0.1) is 0 Å². The van der Waals surface area contributed by atoms with E-state index in [0.29, 0.717) is 18.8 Å². The third-order valence-electron chi connectivity index (χ3n) is 6.30. The summed E-state index contributed by atoms with van der Waals surface area (Å²) < 4.78 is 6.97. The van der Waals surface area contributed by atoms with Crippen LogP contribution in [-0.2, 0) is 9.59 Å². The number of carbonyl (C=O) groups excluding carboxylic acids is 2. The van der Waals surface area contributed by atoms with Crippen LogP contribution < -0.4 is 10.1 Å². The average molecular weight is 497 g/mol. The second-order valence-corrected chi connectivity index (χ2v) is 8.66. The number of hydrogen-bond donors (Lipinski definition) is 1. The molecule has 1 atom stereocenters. The monoisotopic (exact) mass is 496 g/mol. The first-order valence-electron chi connectivity index (χ1n) is 12.5. The summed E-state index contributed by atoms with van der Waals surface area (Å²) in [4.78, 5) is 28.1. The number of rotatable bonds is 10. The van der Waals surface area contributed by atoms with Crippen molar-refractivity contribution in [1.82, 2.24) is 14.7 Å². The molecule has 190 valence electrons. The first-order valence-corrected chi connectivity index (χ1v) is 12.5. The summed E-state index contributed by atoms with van der Waals surface area (Å²) in [6, 6.07) is 28.8. The highest BCUT2D eigenvalue weighted by Gasteiger charge is 2.25. The van der Waals surface area contributed by atoms with Crippen LogP contribution in [0.25, 0.3) is 16.9 Å². The van der Waals surface area contributed by atoms with Crippen molar-refractivity contribution in [2.45, 2.75) is 26.2 Å². The van der Waals surface area contributed by atoms with E-state index in [-0.39, 0.29) is 24.3 Å². The molecule has 7 nitrogen and oxygen atoms in total. The standard InChI is InChI=1S/C30H32N4O3/c1-4-26(22-12-8-6-9-13-22)30(36)33(5-2)21-29(35)31-28-20-27(23-14-10-7-11-15-23)32-34(28)24-16-18-25(37-3)19-17-24/h6-20,26H,4-5,21H2,1-3H3,(H,31,35). The summed E-state index contributed by atoms with van der Waals surface area (Å²) >= 11 is 0. The van der Waals surface area contributed by atoms with Crippen LogP contribution in [0.5, 0.6) is 5.75 Å². The lowest BCUT2D eigenvalue weighted by Crippen LogP contribution is -2.40. The number of amides is 2. The maximum atomic E-state index is 13.3. The Balaban J connectivity index is 1.57. The molecule has 0 aliphatic rings. The van der Waals surface area contributed by atoms with Gasteiger partial charge in [0.15, 0.2) is 0 Å². The fraction of sp³-hybridized carbons (Fsp3) is 0.233. The van der Waals surface area contributed by atoms with Crippen molar-refractivity contribution in [2.75, 3.05) is 25.5 Å². The summed E-state index contributed by atoms with van der Waals surface area (Å²) in [5, 5.41) is 7.74. The molecule has 3 aromatic carbocycles. The fourth-order valence-corrected chi connectivity index (χ4v) is 4.30. The Morgan fingerprint density at radius 1 is 0.946 bits per heavy atom. The van der Waals surface area contributed by atoms with Crippen LogP contribution in [0.4, 0.5) is 5.82 Å². The summed E-state index contributed by atoms with van der Waals surface area (Å²) in [5.41, 5.74) is 3.39. The van der Waals surface area contributed by atoms with Gasteiger partial charge >= 0.3 is 0 Å². The molecule has 2 amide bonds. The summed E-state index contributed by atoms with van der Waals surface area (Å²) in [6.07, 6.45) is 0.658. The Kier molecular flexibility index (Phi) is 8.36. The molecule has 1 N–H and O–H groups in total. The molecule has 4 rings (SSSR count). The van der Waals surface area contributed by atoms with E-state index in [1.165, 1.54) is 0 Å². The zero-order valence-corrected chi connectivity index (χ0v) is 21.4. The second-order valence-electron chi connectivity index (χ2n) is 8.66. The smallest absolute Gasteiger partial charge is 0.245 e. The molecule has 0 spiro atoms. The van der Waals surface area contributed by atoms with Crippen molar-refractivity contribution in [3.63, 3.8) is 0 Å². The van der Waals surface area contributed by atoms with Gasteiger partial charge in [-0.2, -0.15) is 5.10 Å². The zero-order valence-electron chi connectivity index (χ0n) is 21.4. The van der Waals surface area contributed by atoms with Crippen LogP contribution >= 0.6 is 0 Å². The Bertz CT molecular complexity index is 1320. The van der Waals surface area contributed by atoms with Gasteiger partial charge in [0.1, 0.15) is 11.6 Å². The SMILES string of the molecule is CCC(C(=O)N(CC)CC(=O)Nc1cc(-c2ccccc2)nn1-c1ccc(OC)cc1)c1ccccc1. The highest BCUT2D eigenvalue weighted by atomic mass is 16.5. The van der Waals surface area contributed by atoms with E-state index < -0.39 is 0 Å². The number of methoxy groups -OCH3 is 1. The number of carbonyl (C=O) groups is 2. The number of anilines is 1. The van der Waals surface area contributed by atoms with Gasteiger partial charge in [-0.25, -0.2) is 4.68 Å². The molecule has 0 fully saturated rings. The number of nitrogens with one attached hydrogen (secondary N) is 1. The van der Waals surface area contributed by atoms with Gasteiger partial charge in [-0.1, -0.05) is 67.6 Å². The van der Waals surface area contributed by atoms with Crippen LogP contribution in [0.3, 0.4) is 0 Å². The Labute approximate surface area is 217 Å². The van der Waals surface area contributed by atoms with Gasteiger partial charge in [-0.3, -0.25) is 9.59 Å². The molecule has 0 bridgehead atoms. The predicted molar refractivity (Wildman–Crippen MR) is 146 cm³/mol. The van der Waals surface area contributed by atoms with Gasteiger partial charge in [0.2, 0.25) is 11.8 Å². The maximum Gasteiger partial charge on any atom is 0.245 e. The normalized spacial score (nSPS) is 11.5. The minimum atomic E-state index is -0.288. The molecule has 0 aliphatic carbocycles. The zero-order chi connectivity index (χ0) is 26.2. The molecule has 1 aromatic heterocycles. The van der Waals surface area contributed by atoms with E-state index in [0.717, 1.165) is 28.3 Å². The molecule has 1 heterocycles. The fourth-order valence-electron chi connectivity index (χ4n) is 4.30. The van der Waals surface area contributed by atoms with Crippen LogP contribution in [0, 0.1) is 0 Å². The van der Waals surface area contributed by atoms with E-state index in [2.05, 4.69) is 5.32 Å². The van der Waals surface area contributed by atoms with Gasteiger partial charge in [0.25, 0.3) is 0 Å². The van der Waals surface area contributed by atoms with Crippen molar-refractivity contribution in [3.8, 4) is 22.7 Å². The second kappa shape index (κ2) is 12.0. The summed E-state index contributed by atoms with van der Waals surface area (Å²) in [6.45, 7) is 4.26. The van der Waals surface area contributed by atoms with E-state index in [1.807, 2.05) is 105 Å². The third kappa shape index (κ3) is 6.06. The Morgan fingerprint density at radius 3 is 2.19 bits per heavy atom. The van der Waals surface area contributed by atoms with E-state index in [9.17, 15) is 9.59 Å². The lowest BCUT2D eigenvalue weighted by atomic mass is 9.95. The highest BCUT2D eigenvalue weighted by molar-refractivity contribution is 5.95. The minimum Gasteiger partial charge on any atom is -0.497 e. The van der Waals surface area contributed by atoms with Gasteiger partial charge in [0, 0.05) is 18.2 Å². The van der Waals surface area contributed by atoms with Crippen LogP contribution in [0.15, 0.2) is 91.0 Å². The molecule has 7 heteroatoms. The molecule has 37 heavy (non-hydrogen) atoms. The number of ether oxygens (including phenoxy) is 1. The number of hydrogen-bond acceptors (Lipinski definition) is 4. The quantitative estimate of drug-likeness (QED) is 0.313. The number of aromatic nitrogens is 2. The summed E-state index contributed by atoms with van der Waals surface area (Å²) in [5.74, 6) is 0.620. The third-order valence-corrected chi connectivity index (χ3v) is 6.30. The van der Waals surface area contributed by atoms with Crippen LogP contribution in [-0.4, -0.2) is 46.7 Å². The molecule has 0 radical (unpaired) electrons. The number of benzene rings is 3. The molecule has 1 unspecified atom stereocenters. The summed E-state index contributed by atoms with van der Waals surface area (Å²) in [7, 11) is 1.61. The van der Waals surface area contributed by atoms with Crippen molar-refractivity contribution in [1.29, 1.82) is 0 Å². The average Bonchev–Trinajstić information content (AvgIpc) is 3.36. The first kappa shape index (κ1) is 25.7. The van der Waals surface area contributed by atoms with Crippen molar-refractivity contribution in [2.24, 2.45) is 0 Å². The molecular formula is C30H32N4O3. The Morgan fingerprint density at radius 2 is 1.59 bits per heavy atom. The topological polar surface area (TPSA) is 76.5 Å². The lowest BCUT2D eigenvalue weighted by Gasteiger charge is -2.25. The predicted octanol–water partition coefficient (Wildman–Crippen LogP) is 5.53. The highest BCUT2D eigenvalue weighted by Crippen LogP contribution is 2.26. The molecule has 4 aromatic rings. The number of likely N-dealkylation sites (N-methyl/N-ethyl adjacent to an activating group) is 1. The number of nitrogens with zero attached hydrogens (tertiary/aromatic N) is 3. The van der Waals surface area contributed by atoms with Crippen LogP contribution in [0.1, 0.15) is 31.7 Å². The lowest BCUT2D eigenvalue weighted by molar-refractivity contribution is -0.135. The van der Waals surface area contributed by atoms with Gasteiger partial charge in [-0.05, 0) is 43.2 Å². The van der Waals surface area contributed by atoms with Crippen LogP contribution in [0.2, 0.25) is 0 Å². The van der Waals surface area contributed by atoms with Crippen molar-refractivity contribution in [3.05, 3.63) is 96.6 Å². The van der Waals surface area contributed by atoms with E-state index in [4.69, 9.17) is 9.84 Å².